The number of anilines is 2. The van der Waals surface area contributed by atoms with Gasteiger partial charge in [-0.1, -0.05) is 48.0 Å². The van der Waals surface area contributed by atoms with Gasteiger partial charge in [-0.3, -0.25) is 0 Å². The fourth-order valence-corrected chi connectivity index (χ4v) is 3.08. The molecule has 142 valence electrons. The molecule has 0 atom stereocenters. The Bertz CT molecular complexity index is 907. The van der Waals surface area contributed by atoms with Crippen molar-refractivity contribution in [3.8, 4) is 11.3 Å². The SMILES string of the molecule is Cl.Cl.Clc1cccc(Nc2ncc(-c3ccc(C4=CCNCC4)cc3)o2)c1. The van der Waals surface area contributed by atoms with E-state index in [9.17, 15) is 0 Å². The van der Waals surface area contributed by atoms with Crippen LogP contribution in [-0.2, 0) is 0 Å². The van der Waals surface area contributed by atoms with Crippen LogP contribution in [-0.4, -0.2) is 18.1 Å². The second kappa shape index (κ2) is 9.81. The molecule has 0 fully saturated rings. The average Bonchev–Trinajstić information content (AvgIpc) is 3.11. The van der Waals surface area contributed by atoms with E-state index in [1.807, 2.05) is 24.3 Å². The van der Waals surface area contributed by atoms with Gasteiger partial charge in [0.2, 0.25) is 0 Å². The predicted octanol–water partition coefficient (Wildman–Crippen LogP) is 5.96. The van der Waals surface area contributed by atoms with E-state index in [-0.39, 0.29) is 24.8 Å². The predicted molar refractivity (Wildman–Crippen MR) is 117 cm³/mol. The first-order valence-corrected chi connectivity index (χ1v) is 8.65. The zero-order valence-electron chi connectivity index (χ0n) is 14.4. The van der Waals surface area contributed by atoms with E-state index in [4.69, 9.17) is 16.0 Å². The van der Waals surface area contributed by atoms with Crippen molar-refractivity contribution in [1.29, 1.82) is 0 Å². The summed E-state index contributed by atoms with van der Waals surface area (Å²) in [6.07, 6.45) is 5.04. The third-order valence-corrected chi connectivity index (χ3v) is 4.42. The largest absolute Gasteiger partial charge is 0.423 e. The van der Waals surface area contributed by atoms with E-state index in [0.29, 0.717) is 11.0 Å². The summed E-state index contributed by atoms with van der Waals surface area (Å²) in [6, 6.07) is 16.3. The number of hydrogen-bond donors (Lipinski definition) is 2. The van der Waals surface area contributed by atoms with Crippen LogP contribution in [0.5, 0.6) is 0 Å². The van der Waals surface area contributed by atoms with Gasteiger partial charge in [0.1, 0.15) is 0 Å². The van der Waals surface area contributed by atoms with Crippen LogP contribution in [0.4, 0.5) is 11.7 Å². The van der Waals surface area contributed by atoms with Crippen molar-refractivity contribution in [3.05, 3.63) is 71.4 Å². The summed E-state index contributed by atoms with van der Waals surface area (Å²) in [4.78, 5) is 4.29. The molecule has 3 aromatic rings. The number of benzene rings is 2. The van der Waals surface area contributed by atoms with Crippen molar-refractivity contribution in [2.45, 2.75) is 6.42 Å². The third kappa shape index (κ3) is 5.27. The molecule has 2 aromatic carbocycles. The monoisotopic (exact) mass is 423 g/mol. The van der Waals surface area contributed by atoms with Crippen LogP contribution in [0.1, 0.15) is 12.0 Å². The van der Waals surface area contributed by atoms with Crippen molar-refractivity contribution in [3.63, 3.8) is 0 Å². The number of hydrogen-bond acceptors (Lipinski definition) is 4. The van der Waals surface area contributed by atoms with Crippen molar-refractivity contribution in [2.75, 3.05) is 18.4 Å². The summed E-state index contributed by atoms with van der Waals surface area (Å²) in [5.41, 5.74) is 4.51. The van der Waals surface area contributed by atoms with Gasteiger partial charge in [0.25, 0.3) is 6.01 Å². The van der Waals surface area contributed by atoms with Crippen LogP contribution in [0.25, 0.3) is 16.9 Å². The maximum absolute atomic E-state index is 5.99. The molecule has 0 spiro atoms. The minimum Gasteiger partial charge on any atom is -0.423 e. The molecule has 0 saturated carbocycles. The number of aromatic nitrogens is 1. The number of nitrogens with zero attached hydrogens (tertiary/aromatic N) is 1. The average molecular weight is 425 g/mol. The molecule has 0 unspecified atom stereocenters. The number of oxazole rings is 1. The van der Waals surface area contributed by atoms with Gasteiger partial charge in [-0.25, -0.2) is 4.98 Å². The van der Waals surface area contributed by atoms with Crippen LogP contribution >= 0.6 is 36.4 Å². The van der Waals surface area contributed by atoms with Crippen LogP contribution in [0, 0.1) is 0 Å². The quantitative estimate of drug-likeness (QED) is 0.542. The number of nitrogens with one attached hydrogen (secondary N) is 2. The Balaban J connectivity index is 0.00000131. The molecule has 4 nitrogen and oxygen atoms in total. The minimum absolute atomic E-state index is 0. The van der Waals surface area contributed by atoms with Crippen LogP contribution in [0.3, 0.4) is 0 Å². The molecule has 0 aliphatic carbocycles. The summed E-state index contributed by atoms with van der Waals surface area (Å²) in [7, 11) is 0. The number of rotatable bonds is 4. The van der Waals surface area contributed by atoms with Gasteiger partial charge in [-0.2, -0.15) is 0 Å². The van der Waals surface area contributed by atoms with Gasteiger partial charge in [-0.05, 0) is 42.3 Å². The van der Waals surface area contributed by atoms with Gasteiger partial charge < -0.3 is 15.1 Å². The van der Waals surface area contributed by atoms with Crippen molar-refractivity contribution in [1.82, 2.24) is 10.3 Å². The first-order chi connectivity index (χ1) is 12.3. The molecule has 7 heteroatoms. The fourth-order valence-electron chi connectivity index (χ4n) is 2.89. The van der Waals surface area contributed by atoms with E-state index >= 15 is 0 Å². The molecule has 4 rings (SSSR count). The topological polar surface area (TPSA) is 50.1 Å². The molecule has 0 saturated heterocycles. The molecule has 2 N–H and O–H groups in total. The number of halogens is 3. The summed E-state index contributed by atoms with van der Waals surface area (Å²) < 4.78 is 5.81. The Morgan fingerprint density at radius 3 is 2.52 bits per heavy atom. The molecule has 0 bridgehead atoms. The Hall–Kier alpha value is -1.98. The van der Waals surface area contributed by atoms with Gasteiger partial charge in [0, 0.05) is 22.8 Å². The molecule has 2 heterocycles. The molecule has 27 heavy (non-hydrogen) atoms. The van der Waals surface area contributed by atoms with E-state index < -0.39 is 0 Å². The maximum atomic E-state index is 5.99. The Morgan fingerprint density at radius 2 is 1.81 bits per heavy atom. The standard InChI is InChI=1S/C20H18ClN3O.2ClH/c21-17-2-1-3-18(12-17)24-20-23-13-19(25-20)16-6-4-14(5-7-16)15-8-10-22-11-9-15;;/h1-8,12-13,22H,9-11H2,(H,23,24);2*1H. The molecule has 0 radical (unpaired) electrons. The molecule has 1 aliphatic rings. The summed E-state index contributed by atoms with van der Waals surface area (Å²) in [5, 5.41) is 7.12. The highest BCUT2D eigenvalue weighted by Crippen LogP contribution is 2.27. The van der Waals surface area contributed by atoms with Crippen molar-refractivity contribution < 1.29 is 4.42 Å². The van der Waals surface area contributed by atoms with Gasteiger partial charge in [0.15, 0.2) is 5.76 Å². The van der Waals surface area contributed by atoms with E-state index in [2.05, 4.69) is 46.0 Å². The fraction of sp³-hybridized carbons (Fsp3) is 0.150. The summed E-state index contributed by atoms with van der Waals surface area (Å²) >= 11 is 5.99. The Kier molecular flexibility index (Phi) is 7.75. The molecule has 1 aliphatic heterocycles. The van der Waals surface area contributed by atoms with Gasteiger partial charge >= 0.3 is 0 Å². The first-order valence-electron chi connectivity index (χ1n) is 8.27. The zero-order chi connectivity index (χ0) is 17.1. The Morgan fingerprint density at radius 1 is 1.04 bits per heavy atom. The second-order valence-electron chi connectivity index (χ2n) is 5.93. The lowest BCUT2D eigenvalue weighted by molar-refractivity contribution is 0.592. The lowest BCUT2D eigenvalue weighted by atomic mass is 9.99. The van der Waals surface area contributed by atoms with E-state index in [1.165, 1.54) is 11.1 Å². The van der Waals surface area contributed by atoms with E-state index in [0.717, 1.165) is 36.5 Å². The van der Waals surface area contributed by atoms with Crippen molar-refractivity contribution in [2.24, 2.45) is 0 Å². The molecular formula is C20H20Cl3N3O. The highest BCUT2D eigenvalue weighted by atomic mass is 35.5. The van der Waals surface area contributed by atoms with Crippen LogP contribution in [0.2, 0.25) is 5.02 Å². The van der Waals surface area contributed by atoms with Crippen molar-refractivity contribution >= 4 is 53.7 Å². The van der Waals surface area contributed by atoms with Gasteiger partial charge in [-0.15, -0.1) is 24.8 Å². The lowest BCUT2D eigenvalue weighted by Crippen LogP contribution is -2.19. The van der Waals surface area contributed by atoms with Gasteiger partial charge in [0.05, 0.1) is 6.20 Å². The minimum atomic E-state index is 0. The maximum Gasteiger partial charge on any atom is 0.299 e. The second-order valence-corrected chi connectivity index (χ2v) is 6.36. The third-order valence-electron chi connectivity index (χ3n) is 4.19. The Labute approximate surface area is 175 Å². The molecule has 1 aromatic heterocycles. The molecule has 0 amide bonds. The normalized spacial score (nSPS) is 13.1. The van der Waals surface area contributed by atoms with E-state index in [1.54, 1.807) is 6.20 Å². The highest BCUT2D eigenvalue weighted by Gasteiger charge is 2.09. The zero-order valence-corrected chi connectivity index (χ0v) is 16.8. The van der Waals surface area contributed by atoms with Crippen LogP contribution < -0.4 is 10.6 Å². The smallest absolute Gasteiger partial charge is 0.299 e. The van der Waals surface area contributed by atoms with Crippen LogP contribution in [0.15, 0.2) is 65.2 Å². The molecular weight excluding hydrogens is 405 g/mol. The highest BCUT2D eigenvalue weighted by molar-refractivity contribution is 6.30. The summed E-state index contributed by atoms with van der Waals surface area (Å²) in [5.74, 6) is 0.732. The summed E-state index contributed by atoms with van der Waals surface area (Å²) in [6.45, 7) is 1.98. The first kappa shape index (κ1) is 21.3. The lowest BCUT2D eigenvalue weighted by Gasteiger charge is -2.14.